The third-order valence-electron chi connectivity index (χ3n) is 3.23. The monoisotopic (exact) mass is 238 g/mol. The number of nitrogens with two attached hydrogens (primary N) is 1. The van der Waals surface area contributed by atoms with Crippen molar-refractivity contribution in [1.29, 1.82) is 0 Å². The van der Waals surface area contributed by atoms with Gasteiger partial charge in [-0.3, -0.25) is 0 Å². The molecule has 1 fully saturated rings. The van der Waals surface area contributed by atoms with Crippen LogP contribution >= 0.6 is 11.6 Å². The summed E-state index contributed by atoms with van der Waals surface area (Å²) in [6, 6.07) is 5.90. The number of para-hydroxylation sites is 1. The van der Waals surface area contributed by atoms with E-state index in [0.29, 0.717) is 5.02 Å². The number of benzene rings is 1. The largest absolute Gasteiger partial charge is 0.396 e. The van der Waals surface area contributed by atoms with Gasteiger partial charge in [-0.2, -0.15) is 0 Å². The van der Waals surface area contributed by atoms with E-state index >= 15 is 0 Å². The summed E-state index contributed by atoms with van der Waals surface area (Å²) >= 11 is 6.05. The van der Waals surface area contributed by atoms with Gasteiger partial charge in [0.2, 0.25) is 0 Å². The molecule has 2 rings (SSSR count). The normalized spacial score (nSPS) is 17.9. The summed E-state index contributed by atoms with van der Waals surface area (Å²) in [6.07, 6.45) is 6.55. The van der Waals surface area contributed by atoms with E-state index in [1.54, 1.807) is 0 Å². The van der Waals surface area contributed by atoms with Gasteiger partial charge in [0, 0.05) is 13.1 Å². The molecule has 1 aliphatic heterocycles. The molecule has 0 radical (unpaired) electrons. The minimum absolute atomic E-state index is 0.666. The van der Waals surface area contributed by atoms with Crippen LogP contribution < -0.4 is 10.6 Å². The van der Waals surface area contributed by atoms with Crippen molar-refractivity contribution in [3.8, 4) is 0 Å². The van der Waals surface area contributed by atoms with Crippen molar-refractivity contribution in [2.45, 2.75) is 32.1 Å². The van der Waals surface area contributed by atoms with Gasteiger partial charge in [-0.05, 0) is 25.0 Å². The van der Waals surface area contributed by atoms with Gasteiger partial charge in [0.1, 0.15) is 0 Å². The molecule has 1 saturated heterocycles. The lowest BCUT2D eigenvalue weighted by Gasteiger charge is -2.28. The van der Waals surface area contributed by atoms with Crippen LogP contribution in [-0.2, 0) is 0 Å². The van der Waals surface area contributed by atoms with Crippen LogP contribution in [0.2, 0.25) is 5.02 Å². The van der Waals surface area contributed by atoms with E-state index < -0.39 is 0 Å². The molecule has 0 aromatic heterocycles. The number of hydrogen-bond acceptors (Lipinski definition) is 2. The smallest absolute Gasteiger partial charge is 0.0741 e. The van der Waals surface area contributed by atoms with Crippen LogP contribution in [0.4, 0.5) is 11.4 Å². The van der Waals surface area contributed by atoms with Crippen LogP contribution in [0.25, 0.3) is 0 Å². The van der Waals surface area contributed by atoms with Crippen molar-refractivity contribution in [2.24, 2.45) is 0 Å². The molecule has 1 aliphatic rings. The predicted molar refractivity (Wildman–Crippen MR) is 71.2 cm³/mol. The van der Waals surface area contributed by atoms with Crippen molar-refractivity contribution in [3.63, 3.8) is 0 Å². The van der Waals surface area contributed by atoms with E-state index in [9.17, 15) is 0 Å². The molecule has 0 amide bonds. The third-order valence-corrected chi connectivity index (χ3v) is 3.56. The average molecular weight is 239 g/mol. The zero-order valence-electron chi connectivity index (χ0n) is 9.58. The first kappa shape index (κ1) is 11.6. The molecule has 2 N–H and O–H groups in total. The van der Waals surface area contributed by atoms with Gasteiger partial charge >= 0.3 is 0 Å². The van der Waals surface area contributed by atoms with E-state index in [-0.39, 0.29) is 0 Å². The van der Waals surface area contributed by atoms with Crippen molar-refractivity contribution in [1.82, 2.24) is 0 Å². The van der Waals surface area contributed by atoms with Gasteiger partial charge in [-0.15, -0.1) is 0 Å². The van der Waals surface area contributed by atoms with Crippen molar-refractivity contribution in [3.05, 3.63) is 23.2 Å². The summed E-state index contributed by atoms with van der Waals surface area (Å²) < 4.78 is 0. The van der Waals surface area contributed by atoms with Crippen LogP contribution in [0.1, 0.15) is 32.1 Å². The van der Waals surface area contributed by atoms with Crippen molar-refractivity contribution < 1.29 is 0 Å². The fraction of sp³-hybridized carbons (Fsp3) is 0.538. The Kier molecular flexibility index (Phi) is 3.94. The van der Waals surface area contributed by atoms with Crippen LogP contribution in [0.5, 0.6) is 0 Å². The lowest BCUT2D eigenvalue weighted by Crippen LogP contribution is -2.27. The Balaban J connectivity index is 2.17. The molecule has 0 spiro atoms. The maximum absolute atomic E-state index is 6.05. The zero-order chi connectivity index (χ0) is 11.4. The first-order valence-corrected chi connectivity index (χ1v) is 6.46. The highest BCUT2D eigenvalue weighted by Crippen LogP contribution is 2.31. The molecular weight excluding hydrogens is 220 g/mol. The molecule has 88 valence electrons. The topological polar surface area (TPSA) is 29.3 Å². The highest BCUT2D eigenvalue weighted by atomic mass is 35.5. The lowest BCUT2D eigenvalue weighted by atomic mass is 10.1. The number of rotatable bonds is 1. The van der Waals surface area contributed by atoms with E-state index in [0.717, 1.165) is 24.5 Å². The molecule has 0 saturated carbocycles. The molecule has 1 heterocycles. The highest BCUT2D eigenvalue weighted by molar-refractivity contribution is 6.33. The fourth-order valence-corrected chi connectivity index (χ4v) is 2.46. The van der Waals surface area contributed by atoms with Gasteiger partial charge in [-0.25, -0.2) is 0 Å². The van der Waals surface area contributed by atoms with Gasteiger partial charge in [0.05, 0.1) is 16.4 Å². The van der Waals surface area contributed by atoms with Gasteiger partial charge in [0.25, 0.3) is 0 Å². The summed E-state index contributed by atoms with van der Waals surface area (Å²) in [7, 11) is 0. The Morgan fingerprint density at radius 1 is 1.00 bits per heavy atom. The Hall–Kier alpha value is -0.890. The number of halogens is 1. The van der Waals surface area contributed by atoms with E-state index in [1.165, 1.54) is 32.1 Å². The number of hydrogen-bond donors (Lipinski definition) is 1. The minimum Gasteiger partial charge on any atom is -0.396 e. The third kappa shape index (κ3) is 2.62. The van der Waals surface area contributed by atoms with E-state index in [1.807, 2.05) is 12.1 Å². The molecule has 16 heavy (non-hydrogen) atoms. The van der Waals surface area contributed by atoms with Crippen LogP contribution in [0.3, 0.4) is 0 Å². The summed E-state index contributed by atoms with van der Waals surface area (Å²) in [5.74, 6) is 0. The Labute approximate surface area is 102 Å². The minimum atomic E-state index is 0.666. The predicted octanol–water partition coefficient (Wildman–Crippen LogP) is 3.69. The van der Waals surface area contributed by atoms with Gasteiger partial charge < -0.3 is 10.6 Å². The van der Waals surface area contributed by atoms with Crippen molar-refractivity contribution in [2.75, 3.05) is 23.7 Å². The maximum atomic E-state index is 6.05. The van der Waals surface area contributed by atoms with Crippen molar-refractivity contribution >= 4 is 23.0 Å². The quantitative estimate of drug-likeness (QED) is 0.756. The van der Waals surface area contributed by atoms with Gasteiger partial charge in [0.15, 0.2) is 0 Å². The molecule has 1 aromatic carbocycles. The molecule has 0 unspecified atom stereocenters. The van der Waals surface area contributed by atoms with E-state index in [4.69, 9.17) is 17.3 Å². The number of nitrogens with zero attached hydrogens (tertiary/aromatic N) is 1. The number of anilines is 2. The lowest BCUT2D eigenvalue weighted by molar-refractivity contribution is 0.557. The molecular formula is C13H19ClN2. The molecule has 0 bridgehead atoms. The first-order valence-electron chi connectivity index (χ1n) is 6.08. The molecule has 1 aromatic rings. The second-order valence-corrected chi connectivity index (χ2v) is 4.83. The summed E-state index contributed by atoms with van der Waals surface area (Å²) in [5.41, 5.74) is 7.86. The summed E-state index contributed by atoms with van der Waals surface area (Å²) in [4.78, 5) is 2.38. The summed E-state index contributed by atoms with van der Waals surface area (Å²) in [6.45, 7) is 2.20. The molecule has 0 atom stereocenters. The molecule has 0 aliphatic carbocycles. The first-order chi connectivity index (χ1) is 7.79. The maximum Gasteiger partial charge on any atom is 0.0741 e. The van der Waals surface area contributed by atoms with Crippen LogP contribution in [0, 0.1) is 0 Å². The van der Waals surface area contributed by atoms with E-state index in [2.05, 4.69) is 11.0 Å². The Morgan fingerprint density at radius 2 is 1.62 bits per heavy atom. The number of nitrogen functional groups attached to an aromatic ring is 1. The standard InChI is InChI=1S/C13H19ClN2/c14-11-7-6-8-12(13(11)15)16-9-4-2-1-3-5-10-16/h6-8H,1-5,9-10,15H2. The van der Waals surface area contributed by atoms with Gasteiger partial charge in [-0.1, -0.05) is 36.9 Å². The molecule has 3 heteroatoms. The SMILES string of the molecule is Nc1c(Cl)cccc1N1CCCCCCC1. The van der Waals surface area contributed by atoms with Crippen LogP contribution in [0.15, 0.2) is 18.2 Å². The Bertz CT molecular complexity index is 344. The second kappa shape index (κ2) is 5.44. The zero-order valence-corrected chi connectivity index (χ0v) is 10.3. The highest BCUT2D eigenvalue weighted by Gasteiger charge is 2.12. The average Bonchev–Trinajstić information content (AvgIpc) is 2.23. The summed E-state index contributed by atoms with van der Waals surface area (Å²) in [5, 5.41) is 0.666. The fourth-order valence-electron chi connectivity index (χ4n) is 2.29. The Morgan fingerprint density at radius 3 is 2.31 bits per heavy atom. The second-order valence-electron chi connectivity index (χ2n) is 4.43. The van der Waals surface area contributed by atoms with Crippen LogP contribution in [-0.4, -0.2) is 13.1 Å². The molecule has 2 nitrogen and oxygen atoms in total.